The number of aliphatic hydroxyl groups is 1. The van der Waals surface area contributed by atoms with Crippen LogP contribution in [0.25, 0.3) is 0 Å². The zero-order chi connectivity index (χ0) is 12.5. The van der Waals surface area contributed by atoms with Crippen molar-refractivity contribution in [1.29, 1.82) is 0 Å². The average Bonchev–Trinajstić information content (AvgIpc) is 3.10. The average molecular weight is 241 g/mol. The fraction of sp³-hybridized carbons (Fsp3) is 0.923. The zero-order valence-corrected chi connectivity index (χ0v) is 10.5. The molecule has 3 N–H and O–H groups in total. The van der Waals surface area contributed by atoms with Gasteiger partial charge >= 0.3 is 5.97 Å². The first-order chi connectivity index (χ1) is 8.00. The molecule has 2 fully saturated rings. The normalized spacial score (nSPS) is 35.5. The van der Waals surface area contributed by atoms with E-state index in [4.69, 9.17) is 5.11 Å². The highest BCUT2D eigenvalue weighted by atomic mass is 16.4. The van der Waals surface area contributed by atoms with E-state index >= 15 is 0 Å². The van der Waals surface area contributed by atoms with Crippen molar-refractivity contribution in [1.82, 2.24) is 5.32 Å². The Balaban J connectivity index is 1.74. The molecule has 4 nitrogen and oxygen atoms in total. The standard InChI is InChI=1S/C13H23NO3/c1-9(10-2-3-10)14-8-13(17)6-4-11(5-7-13)12(15)16/h9-11,14,17H,2-8H2,1H3,(H,15,16). The highest BCUT2D eigenvalue weighted by Crippen LogP contribution is 2.34. The second-order valence-electron chi connectivity index (χ2n) is 5.84. The van der Waals surface area contributed by atoms with Crippen LogP contribution in [0.1, 0.15) is 45.4 Å². The van der Waals surface area contributed by atoms with Crippen LogP contribution in [0.2, 0.25) is 0 Å². The summed E-state index contributed by atoms with van der Waals surface area (Å²) in [4.78, 5) is 10.8. The molecule has 0 aromatic heterocycles. The third-order valence-corrected chi connectivity index (χ3v) is 4.35. The molecule has 0 radical (unpaired) electrons. The fourth-order valence-corrected chi connectivity index (χ4v) is 2.69. The molecule has 2 aliphatic carbocycles. The van der Waals surface area contributed by atoms with E-state index in [1.54, 1.807) is 0 Å². The number of carbonyl (C=O) groups is 1. The Morgan fingerprint density at radius 2 is 1.94 bits per heavy atom. The predicted molar refractivity (Wildman–Crippen MR) is 64.7 cm³/mol. The largest absolute Gasteiger partial charge is 0.481 e. The molecule has 0 spiro atoms. The number of carboxylic acid groups (broad SMARTS) is 1. The molecule has 1 atom stereocenters. The summed E-state index contributed by atoms with van der Waals surface area (Å²) in [6.07, 6.45) is 5.01. The van der Waals surface area contributed by atoms with Gasteiger partial charge in [0.05, 0.1) is 11.5 Å². The number of hydrogen-bond acceptors (Lipinski definition) is 3. The summed E-state index contributed by atoms with van der Waals surface area (Å²) in [5.41, 5.74) is -0.685. The van der Waals surface area contributed by atoms with Gasteiger partial charge in [0.15, 0.2) is 0 Å². The van der Waals surface area contributed by atoms with Crippen LogP contribution in [-0.2, 0) is 4.79 Å². The first-order valence-electron chi connectivity index (χ1n) is 6.69. The fourth-order valence-electron chi connectivity index (χ4n) is 2.69. The summed E-state index contributed by atoms with van der Waals surface area (Å²) in [5.74, 6) is -0.184. The smallest absolute Gasteiger partial charge is 0.306 e. The van der Waals surface area contributed by atoms with Gasteiger partial charge in [0.1, 0.15) is 0 Å². The molecule has 0 aromatic rings. The number of nitrogens with one attached hydrogen (secondary N) is 1. The lowest BCUT2D eigenvalue weighted by Crippen LogP contribution is -2.47. The molecule has 0 aliphatic heterocycles. The SMILES string of the molecule is CC(NCC1(O)CCC(C(=O)O)CC1)C1CC1. The molecule has 2 saturated carbocycles. The predicted octanol–water partition coefficient (Wildman–Crippen LogP) is 1.38. The molecule has 2 rings (SSSR count). The van der Waals surface area contributed by atoms with Crippen molar-refractivity contribution < 1.29 is 15.0 Å². The Morgan fingerprint density at radius 3 is 2.41 bits per heavy atom. The van der Waals surface area contributed by atoms with Gasteiger partial charge in [-0.3, -0.25) is 4.79 Å². The van der Waals surface area contributed by atoms with Crippen molar-refractivity contribution in [2.75, 3.05) is 6.54 Å². The van der Waals surface area contributed by atoms with Crippen LogP contribution in [-0.4, -0.2) is 34.4 Å². The molecule has 0 aromatic carbocycles. The molecule has 1 unspecified atom stereocenters. The topological polar surface area (TPSA) is 69.6 Å². The maximum Gasteiger partial charge on any atom is 0.306 e. The van der Waals surface area contributed by atoms with Crippen LogP contribution in [0.5, 0.6) is 0 Å². The minimum Gasteiger partial charge on any atom is -0.481 e. The van der Waals surface area contributed by atoms with Crippen LogP contribution in [0, 0.1) is 11.8 Å². The van der Waals surface area contributed by atoms with E-state index in [0.717, 1.165) is 5.92 Å². The first kappa shape index (κ1) is 12.8. The molecular weight excluding hydrogens is 218 g/mol. The van der Waals surface area contributed by atoms with Crippen molar-refractivity contribution in [3.05, 3.63) is 0 Å². The molecule has 0 saturated heterocycles. The summed E-state index contributed by atoms with van der Waals surface area (Å²) >= 11 is 0. The molecule has 0 heterocycles. The second kappa shape index (κ2) is 4.94. The van der Waals surface area contributed by atoms with E-state index in [1.165, 1.54) is 12.8 Å². The summed E-state index contributed by atoms with van der Waals surface area (Å²) < 4.78 is 0. The Bertz CT molecular complexity index is 280. The van der Waals surface area contributed by atoms with Gasteiger partial charge in [0.2, 0.25) is 0 Å². The molecule has 0 amide bonds. The monoisotopic (exact) mass is 241 g/mol. The summed E-state index contributed by atoms with van der Waals surface area (Å²) in [7, 11) is 0. The van der Waals surface area contributed by atoms with Crippen LogP contribution in [0.4, 0.5) is 0 Å². The Kier molecular flexibility index (Phi) is 3.73. The van der Waals surface area contributed by atoms with Crippen molar-refractivity contribution in [3.8, 4) is 0 Å². The Hall–Kier alpha value is -0.610. The zero-order valence-electron chi connectivity index (χ0n) is 10.5. The van der Waals surface area contributed by atoms with Gasteiger partial charge in [-0.25, -0.2) is 0 Å². The number of carboxylic acids is 1. The van der Waals surface area contributed by atoms with Crippen molar-refractivity contribution in [2.24, 2.45) is 11.8 Å². The van der Waals surface area contributed by atoms with Crippen LogP contribution in [0.3, 0.4) is 0 Å². The summed E-state index contributed by atoms with van der Waals surface area (Å²) in [6.45, 7) is 2.78. The minimum atomic E-state index is -0.716. The highest BCUT2D eigenvalue weighted by molar-refractivity contribution is 5.70. The van der Waals surface area contributed by atoms with E-state index in [0.29, 0.717) is 38.3 Å². The third kappa shape index (κ3) is 3.42. The van der Waals surface area contributed by atoms with Crippen LogP contribution in [0.15, 0.2) is 0 Å². The van der Waals surface area contributed by atoms with Gasteiger partial charge in [-0.2, -0.15) is 0 Å². The van der Waals surface area contributed by atoms with Crippen LogP contribution >= 0.6 is 0 Å². The van der Waals surface area contributed by atoms with Gasteiger partial charge < -0.3 is 15.5 Å². The van der Waals surface area contributed by atoms with E-state index in [-0.39, 0.29) is 5.92 Å². The minimum absolute atomic E-state index is 0.254. The molecule has 4 heteroatoms. The molecule has 17 heavy (non-hydrogen) atoms. The molecule has 98 valence electrons. The highest BCUT2D eigenvalue weighted by Gasteiger charge is 2.37. The maximum absolute atomic E-state index is 10.8. The van der Waals surface area contributed by atoms with Gasteiger partial charge in [0.25, 0.3) is 0 Å². The van der Waals surface area contributed by atoms with Gasteiger partial charge in [-0.1, -0.05) is 0 Å². The van der Waals surface area contributed by atoms with E-state index in [9.17, 15) is 9.90 Å². The number of rotatable bonds is 5. The lowest BCUT2D eigenvalue weighted by atomic mass is 9.78. The second-order valence-corrected chi connectivity index (χ2v) is 5.84. The van der Waals surface area contributed by atoms with E-state index in [2.05, 4.69) is 12.2 Å². The van der Waals surface area contributed by atoms with Crippen molar-refractivity contribution in [2.45, 2.75) is 57.1 Å². The Morgan fingerprint density at radius 1 is 1.35 bits per heavy atom. The molecule has 2 aliphatic rings. The number of aliphatic carboxylic acids is 1. The Labute approximate surface area is 102 Å². The van der Waals surface area contributed by atoms with E-state index in [1.807, 2.05) is 0 Å². The lowest BCUT2D eigenvalue weighted by Gasteiger charge is -2.35. The summed E-state index contributed by atoms with van der Waals surface area (Å²) in [6, 6.07) is 0.483. The maximum atomic E-state index is 10.8. The summed E-state index contributed by atoms with van der Waals surface area (Å²) in [5, 5.41) is 22.7. The van der Waals surface area contributed by atoms with Gasteiger partial charge in [-0.05, 0) is 51.4 Å². The number of hydrogen-bond donors (Lipinski definition) is 3. The van der Waals surface area contributed by atoms with Crippen molar-refractivity contribution in [3.63, 3.8) is 0 Å². The quantitative estimate of drug-likeness (QED) is 0.680. The first-order valence-corrected chi connectivity index (χ1v) is 6.69. The molecular formula is C13H23NO3. The molecule has 0 bridgehead atoms. The third-order valence-electron chi connectivity index (χ3n) is 4.35. The van der Waals surface area contributed by atoms with E-state index < -0.39 is 11.6 Å². The van der Waals surface area contributed by atoms with Gasteiger partial charge in [0, 0.05) is 12.6 Å². The van der Waals surface area contributed by atoms with Gasteiger partial charge in [-0.15, -0.1) is 0 Å². The van der Waals surface area contributed by atoms with Crippen LogP contribution < -0.4 is 5.32 Å². The van der Waals surface area contributed by atoms with Crippen molar-refractivity contribution >= 4 is 5.97 Å². The lowest BCUT2D eigenvalue weighted by molar-refractivity contribution is -0.144.